The van der Waals surface area contributed by atoms with Crippen LogP contribution in [0.25, 0.3) is 11.1 Å². The molecule has 22 heavy (non-hydrogen) atoms. The standard InChI is InChI=1S/C17H18ClNO3/c18-14-3-1-2-13(9-14)12-6-4-11(5-7-12)8-15(19)10-16(20)17(21)22/h1-7,9,15-16,20H,8,10,19H2,(H,21,22)/t15?,16-/m1/s1. The van der Waals surface area contributed by atoms with Crippen LogP contribution in [0.15, 0.2) is 48.5 Å². The summed E-state index contributed by atoms with van der Waals surface area (Å²) in [4.78, 5) is 10.6. The molecule has 2 aromatic rings. The highest BCUT2D eigenvalue weighted by molar-refractivity contribution is 6.30. The van der Waals surface area contributed by atoms with Crippen molar-refractivity contribution in [2.45, 2.75) is 25.0 Å². The summed E-state index contributed by atoms with van der Waals surface area (Å²) in [5.74, 6) is -1.24. The third kappa shape index (κ3) is 4.56. The Morgan fingerprint density at radius 2 is 1.82 bits per heavy atom. The Morgan fingerprint density at radius 1 is 1.14 bits per heavy atom. The minimum atomic E-state index is -1.42. The van der Waals surface area contributed by atoms with E-state index in [4.69, 9.17) is 22.4 Å². The molecular formula is C17H18ClNO3. The first-order valence-corrected chi connectivity index (χ1v) is 7.35. The van der Waals surface area contributed by atoms with Crippen LogP contribution in [0.2, 0.25) is 5.02 Å². The van der Waals surface area contributed by atoms with Gasteiger partial charge in [-0.15, -0.1) is 0 Å². The van der Waals surface area contributed by atoms with Gasteiger partial charge in [0.1, 0.15) is 0 Å². The van der Waals surface area contributed by atoms with Gasteiger partial charge in [-0.2, -0.15) is 0 Å². The first-order valence-electron chi connectivity index (χ1n) is 6.97. The predicted octanol–water partition coefficient (Wildman–Crippen LogP) is 2.71. The number of halogens is 1. The highest BCUT2D eigenvalue weighted by Crippen LogP contribution is 2.23. The van der Waals surface area contributed by atoms with Crippen LogP contribution < -0.4 is 5.73 Å². The lowest BCUT2D eigenvalue weighted by atomic mass is 9.98. The lowest BCUT2D eigenvalue weighted by molar-refractivity contribution is -0.147. The Labute approximate surface area is 134 Å². The van der Waals surface area contributed by atoms with Gasteiger partial charge in [-0.3, -0.25) is 0 Å². The minimum Gasteiger partial charge on any atom is -0.479 e. The Hall–Kier alpha value is -1.88. The van der Waals surface area contributed by atoms with Crippen molar-refractivity contribution in [2.75, 3.05) is 0 Å². The summed E-state index contributed by atoms with van der Waals surface area (Å²) in [7, 11) is 0. The number of aliphatic hydroxyl groups is 1. The second kappa shape index (κ2) is 7.40. The van der Waals surface area contributed by atoms with Gasteiger partial charge in [-0.05, 0) is 41.7 Å². The van der Waals surface area contributed by atoms with Crippen molar-refractivity contribution in [3.05, 3.63) is 59.1 Å². The number of benzene rings is 2. The maximum Gasteiger partial charge on any atom is 0.332 e. The number of carboxylic acids is 1. The van der Waals surface area contributed by atoms with Gasteiger partial charge in [0, 0.05) is 11.1 Å². The molecule has 0 radical (unpaired) electrons. The Kier molecular flexibility index (Phi) is 5.55. The first kappa shape index (κ1) is 16.5. The molecule has 0 bridgehead atoms. The molecule has 0 aliphatic rings. The fourth-order valence-electron chi connectivity index (χ4n) is 2.27. The molecule has 0 heterocycles. The van der Waals surface area contributed by atoms with Crippen molar-refractivity contribution in [1.82, 2.24) is 0 Å². The van der Waals surface area contributed by atoms with Gasteiger partial charge in [0.05, 0.1) is 0 Å². The van der Waals surface area contributed by atoms with Gasteiger partial charge in [0.2, 0.25) is 0 Å². The molecule has 0 fully saturated rings. The average Bonchev–Trinajstić information content (AvgIpc) is 2.47. The number of carboxylic acid groups (broad SMARTS) is 1. The fourth-order valence-corrected chi connectivity index (χ4v) is 2.47. The van der Waals surface area contributed by atoms with E-state index in [1.807, 2.05) is 48.5 Å². The van der Waals surface area contributed by atoms with Gasteiger partial charge in [0.25, 0.3) is 0 Å². The summed E-state index contributed by atoms with van der Waals surface area (Å²) >= 11 is 5.98. The number of nitrogens with two attached hydrogens (primary N) is 1. The van der Waals surface area contributed by atoms with Gasteiger partial charge < -0.3 is 15.9 Å². The van der Waals surface area contributed by atoms with E-state index in [1.54, 1.807) is 0 Å². The summed E-state index contributed by atoms with van der Waals surface area (Å²) in [6, 6.07) is 15.0. The van der Waals surface area contributed by atoms with E-state index in [0.717, 1.165) is 16.7 Å². The van der Waals surface area contributed by atoms with Crippen LogP contribution in [0.3, 0.4) is 0 Å². The molecule has 0 amide bonds. The number of aliphatic carboxylic acids is 1. The van der Waals surface area contributed by atoms with Gasteiger partial charge >= 0.3 is 5.97 Å². The van der Waals surface area contributed by atoms with Crippen molar-refractivity contribution in [2.24, 2.45) is 5.73 Å². The van der Waals surface area contributed by atoms with Crippen LogP contribution in [0.4, 0.5) is 0 Å². The zero-order chi connectivity index (χ0) is 16.1. The summed E-state index contributed by atoms with van der Waals surface area (Å²) in [6.07, 6.45) is -0.869. The fraction of sp³-hybridized carbons (Fsp3) is 0.235. The Balaban J connectivity index is 2.01. The lowest BCUT2D eigenvalue weighted by Gasteiger charge is -2.14. The van der Waals surface area contributed by atoms with Gasteiger partial charge in [-0.25, -0.2) is 4.79 Å². The molecule has 2 atom stereocenters. The van der Waals surface area contributed by atoms with Crippen LogP contribution in [0.5, 0.6) is 0 Å². The zero-order valence-electron chi connectivity index (χ0n) is 11.9. The molecule has 1 unspecified atom stereocenters. The SMILES string of the molecule is NC(Cc1ccc(-c2cccc(Cl)c2)cc1)C[C@@H](O)C(=O)O. The van der Waals surface area contributed by atoms with Crippen LogP contribution in [-0.4, -0.2) is 28.3 Å². The van der Waals surface area contributed by atoms with E-state index in [2.05, 4.69) is 0 Å². The van der Waals surface area contributed by atoms with Crippen LogP contribution in [0.1, 0.15) is 12.0 Å². The summed E-state index contributed by atoms with van der Waals surface area (Å²) in [5.41, 5.74) is 8.95. The van der Waals surface area contributed by atoms with Crippen LogP contribution in [-0.2, 0) is 11.2 Å². The molecule has 5 heteroatoms. The molecule has 0 aliphatic carbocycles. The Morgan fingerprint density at radius 3 is 2.41 bits per heavy atom. The highest BCUT2D eigenvalue weighted by atomic mass is 35.5. The van der Waals surface area contributed by atoms with Crippen LogP contribution in [0, 0.1) is 0 Å². The van der Waals surface area contributed by atoms with Crippen molar-refractivity contribution in [3.63, 3.8) is 0 Å². The third-order valence-corrected chi connectivity index (χ3v) is 3.66. The topological polar surface area (TPSA) is 83.5 Å². The van der Waals surface area contributed by atoms with E-state index < -0.39 is 18.1 Å². The predicted molar refractivity (Wildman–Crippen MR) is 86.8 cm³/mol. The van der Waals surface area contributed by atoms with E-state index in [0.29, 0.717) is 11.4 Å². The highest BCUT2D eigenvalue weighted by Gasteiger charge is 2.17. The lowest BCUT2D eigenvalue weighted by Crippen LogP contribution is -2.32. The number of carbonyl (C=O) groups is 1. The first-order chi connectivity index (χ1) is 10.5. The normalized spacial score (nSPS) is 13.6. The van der Waals surface area contributed by atoms with E-state index in [9.17, 15) is 9.90 Å². The number of rotatable bonds is 6. The summed E-state index contributed by atoms with van der Waals surface area (Å²) in [5, 5.41) is 18.7. The molecule has 0 aliphatic heterocycles. The van der Waals surface area contributed by atoms with Crippen molar-refractivity contribution < 1.29 is 15.0 Å². The minimum absolute atomic E-state index is 0.0331. The molecule has 0 aromatic heterocycles. The molecule has 4 N–H and O–H groups in total. The second-order valence-corrected chi connectivity index (χ2v) is 5.70. The summed E-state index contributed by atoms with van der Waals surface area (Å²) in [6.45, 7) is 0. The molecule has 4 nitrogen and oxygen atoms in total. The van der Waals surface area contributed by atoms with E-state index in [-0.39, 0.29) is 6.42 Å². The third-order valence-electron chi connectivity index (χ3n) is 3.42. The van der Waals surface area contributed by atoms with Crippen molar-refractivity contribution >= 4 is 17.6 Å². The van der Waals surface area contributed by atoms with Gasteiger partial charge in [0.15, 0.2) is 6.10 Å². The molecule has 0 saturated heterocycles. The van der Waals surface area contributed by atoms with E-state index >= 15 is 0 Å². The maximum absolute atomic E-state index is 10.6. The van der Waals surface area contributed by atoms with E-state index in [1.165, 1.54) is 0 Å². The van der Waals surface area contributed by atoms with Gasteiger partial charge in [-0.1, -0.05) is 48.0 Å². The second-order valence-electron chi connectivity index (χ2n) is 5.26. The number of hydrogen-bond donors (Lipinski definition) is 3. The molecule has 0 spiro atoms. The van der Waals surface area contributed by atoms with Crippen molar-refractivity contribution in [3.8, 4) is 11.1 Å². The smallest absolute Gasteiger partial charge is 0.332 e. The molecular weight excluding hydrogens is 302 g/mol. The zero-order valence-corrected chi connectivity index (χ0v) is 12.7. The average molecular weight is 320 g/mol. The number of aliphatic hydroxyl groups excluding tert-OH is 1. The molecule has 116 valence electrons. The van der Waals surface area contributed by atoms with Crippen LogP contribution >= 0.6 is 11.6 Å². The number of hydrogen-bond acceptors (Lipinski definition) is 3. The monoisotopic (exact) mass is 319 g/mol. The summed E-state index contributed by atoms with van der Waals surface area (Å²) < 4.78 is 0. The quantitative estimate of drug-likeness (QED) is 0.764. The molecule has 0 saturated carbocycles. The maximum atomic E-state index is 10.6. The van der Waals surface area contributed by atoms with Crippen molar-refractivity contribution in [1.29, 1.82) is 0 Å². The largest absolute Gasteiger partial charge is 0.479 e. The molecule has 2 rings (SSSR count). The molecule has 2 aromatic carbocycles. The Bertz CT molecular complexity index is 643.